The second kappa shape index (κ2) is 9.12. The first-order chi connectivity index (χ1) is 15.0. The van der Waals surface area contributed by atoms with Crippen molar-refractivity contribution in [2.24, 2.45) is 5.92 Å². The molecular weight excluding hydrogens is 390 g/mol. The zero-order chi connectivity index (χ0) is 21.8. The van der Waals surface area contributed by atoms with Crippen molar-refractivity contribution in [3.05, 3.63) is 72.1 Å². The molecule has 4 rings (SSSR count). The van der Waals surface area contributed by atoms with Gasteiger partial charge in [-0.15, -0.1) is 5.10 Å². The van der Waals surface area contributed by atoms with Crippen LogP contribution in [0.25, 0.3) is 0 Å². The van der Waals surface area contributed by atoms with Crippen molar-refractivity contribution < 1.29 is 9.59 Å². The fourth-order valence-electron chi connectivity index (χ4n) is 3.90. The first kappa shape index (κ1) is 20.8. The number of benzene rings is 2. The molecule has 2 unspecified atom stereocenters. The molecule has 1 aliphatic heterocycles. The van der Waals surface area contributed by atoms with E-state index in [2.05, 4.69) is 35.3 Å². The van der Waals surface area contributed by atoms with Gasteiger partial charge in [0.2, 0.25) is 17.8 Å². The number of para-hydroxylation sites is 1. The molecule has 1 saturated heterocycles. The van der Waals surface area contributed by atoms with E-state index in [0.717, 1.165) is 23.2 Å². The molecule has 1 N–H and O–H groups in total. The lowest BCUT2D eigenvalue weighted by molar-refractivity contribution is -0.122. The van der Waals surface area contributed by atoms with Gasteiger partial charge < -0.3 is 4.90 Å². The molecule has 0 spiro atoms. The first-order valence-corrected chi connectivity index (χ1v) is 10.7. The van der Waals surface area contributed by atoms with E-state index in [9.17, 15) is 9.59 Å². The number of amides is 2. The minimum Gasteiger partial charge on any atom is -0.311 e. The van der Waals surface area contributed by atoms with Gasteiger partial charge in [-0.3, -0.25) is 14.9 Å². The van der Waals surface area contributed by atoms with Gasteiger partial charge in [0.05, 0.1) is 12.5 Å². The van der Waals surface area contributed by atoms with Crippen molar-refractivity contribution in [1.29, 1.82) is 0 Å². The van der Waals surface area contributed by atoms with Crippen LogP contribution < -0.4 is 10.2 Å². The maximum Gasteiger partial charge on any atom is 0.248 e. The number of nitrogens with zero attached hydrogens (tertiary/aromatic N) is 4. The van der Waals surface area contributed by atoms with E-state index < -0.39 is 5.92 Å². The lowest BCUT2D eigenvalue weighted by Crippen LogP contribution is -2.29. The normalized spacial score (nSPS) is 17.0. The molecule has 0 radical (unpaired) electrons. The van der Waals surface area contributed by atoms with Gasteiger partial charge in [0.25, 0.3) is 0 Å². The fourth-order valence-corrected chi connectivity index (χ4v) is 3.90. The summed E-state index contributed by atoms with van der Waals surface area (Å²) in [5, 5.41) is 7.11. The van der Waals surface area contributed by atoms with Gasteiger partial charge in [0.1, 0.15) is 6.33 Å². The standard InChI is InChI=1S/C24H27N5O2/c1-3-17(2)20-11-7-8-12-21(20)29-15-19(13-22(29)30)23(31)26-24-25-16-28(27-24)14-18-9-5-4-6-10-18/h4-12,16-17,19H,3,13-15H2,1-2H3,(H,26,27,31). The third-order valence-electron chi connectivity index (χ3n) is 5.83. The monoisotopic (exact) mass is 417 g/mol. The van der Waals surface area contributed by atoms with Crippen LogP contribution in [0.5, 0.6) is 0 Å². The fraction of sp³-hybridized carbons (Fsp3) is 0.333. The Labute approximate surface area is 182 Å². The SMILES string of the molecule is CCC(C)c1ccccc1N1CC(C(=O)Nc2ncn(Cc3ccccc3)n2)CC1=O. The van der Waals surface area contributed by atoms with Gasteiger partial charge in [-0.25, -0.2) is 9.67 Å². The van der Waals surface area contributed by atoms with E-state index in [1.165, 1.54) is 0 Å². The predicted molar refractivity (Wildman–Crippen MR) is 120 cm³/mol. The van der Waals surface area contributed by atoms with Crippen LogP contribution in [0, 0.1) is 5.92 Å². The minimum absolute atomic E-state index is 0.0292. The molecule has 2 heterocycles. The van der Waals surface area contributed by atoms with Crippen LogP contribution in [0.15, 0.2) is 60.9 Å². The van der Waals surface area contributed by atoms with Crippen molar-refractivity contribution in [3.63, 3.8) is 0 Å². The Morgan fingerprint density at radius 1 is 1.16 bits per heavy atom. The van der Waals surface area contributed by atoms with Crippen LogP contribution in [-0.2, 0) is 16.1 Å². The number of carbonyl (C=O) groups is 2. The third-order valence-corrected chi connectivity index (χ3v) is 5.83. The number of carbonyl (C=O) groups excluding carboxylic acids is 2. The van der Waals surface area contributed by atoms with Crippen LogP contribution >= 0.6 is 0 Å². The van der Waals surface area contributed by atoms with Crippen molar-refractivity contribution >= 4 is 23.5 Å². The molecule has 3 aromatic rings. The predicted octanol–water partition coefficient (Wildman–Crippen LogP) is 3.83. The average molecular weight is 418 g/mol. The maximum atomic E-state index is 12.8. The van der Waals surface area contributed by atoms with E-state index >= 15 is 0 Å². The quantitative estimate of drug-likeness (QED) is 0.634. The molecule has 2 atom stereocenters. The van der Waals surface area contributed by atoms with Crippen LogP contribution in [0.2, 0.25) is 0 Å². The van der Waals surface area contributed by atoms with Gasteiger partial charge in [0, 0.05) is 18.7 Å². The summed E-state index contributed by atoms with van der Waals surface area (Å²) in [6.07, 6.45) is 2.77. The average Bonchev–Trinajstić information content (AvgIpc) is 3.40. The van der Waals surface area contributed by atoms with Crippen molar-refractivity contribution in [1.82, 2.24) is 14.8 Å². The van der Waals surface area contributed by atoms with Crippen LogP contribution in [0.1, 0.15) is 43.7 Å². The Balaban J connectivity index is 1.42. The second-order valence-corrected chi connectivity index (χ2v) is 8.01. The van der Waals surface area contributed by atoms with E-state index in [0.29, 0.717) is 19.0 Å². The van der Waals surface area contributed by atoms with Gasteiger partial charge in [-0.1, -0.05) is 62.4 Å². The highest BCUT2D eigenvalue weighted by molar-refractivity contribution is 6.03. The molecular formula is C24H27N5O2. The number of aromatic nitrogens is 3. The smallest absolute Gasteiger partial charge is 0.248 e. The summed E-state index contributed by atoms with van der Waals surface area (Å²) < 4.78 is 1.68. The van der Waals surface area contributed by atoms with E-state index in [1.807, 2.05) is 48.5 Å². The summed E-state index contributed by atoms with van der Waals surface area (Å²) in [4.78, 5) is 31.5. The molecule has 2 amide bonds. The number of nitrogens with one attached hydrogen (secondary N) is 1. The first-order valence-electron chi connectivity index (χ1n) is 10.7. The summed E-state index contributed by atoms with van der Waals surface area (Å²) in [6, 6.07) is 17.9. The summed E-state index contributed by atoms with van der Waals surface area (Å²) in [7, 11) is 0. The summed E-state index contributed by atoms with van der Waals surface area (Å²) in [5.74, 6) is -0.0899. The lowest BCUT2D eigenvalue weighted by Gasteiger charge is -2.23. The van der Waals surface area contributed by atoms with E-state index in [-0.39, 0.29) is 24.2 Å². The summed E-state index contributed by atoms with van der Waals surface area (Å²) in [5.41, 5.74) is 3.14. The topological polar surface area (TPSA) is 80.1 Å². The highest BCUT2D eigenvalue weighted by atomic mass is 16.2. The molecule has 0 aliphatic carbocycles. The Hall–Kier alpha value is -3.48. The number of hydrogen-bond acceptors (Lipinski definition) is 4. The molecule has 1 aliphatic rings. The summed E-state index contributed by atoms with van der Waals surface area (Å²) >= 11 is 0. The maximum absolute atomic E-state index is 12.8. The molecule has 0 bridgehead atoms. The number of anilines is 2. The van der Waals surface area contributed by atoms with Crippen molar-refractivity contribution in [2.75, 3.05) is 16.8 Å². The van der Waals surface area contributed by atoms with Crippen molar-refractivity contribution in [3.8, 4) is 0 Å². The molecule has 1 aromatic heterocycles. The number of rotatable bonds is 7. The molecule has 0 saturated carbocycles. The Bertz CT molecular complexity index is 1060. The minimum atomic E-state index is -0.432. The Kier molecular flexibility index (Phi) is 6.11. The van der Waals surface area contributed by atoms with Gasteiger partial charge in [-0.05, 0) is 29.5 Å². The van der Waals surface area contributed by atoms with Crippen molar-refractivity contribution in [2.45, 2.75) is 39.2 Å². The number of hydrogen-bond donors (Lipinski definition) is 1. The summed E-state index contributed by atoms with van der Waals surface area (Å²) in [6.45, 7) is 5.23. The molecule has 1 fully saturated rings. The second-order valence-electron chi connectivity index (χ2n) is 8.01. The highest BCUT2D eigenvalue weighted by Crippen LogP contribution is 2.33. The van der Waals surface area contributed by atoms with E-state index in [4.69, 9.17) is 0 Å². The molecule has 7 nitrogen and oxygen atoms in total. The Morgan fingerprint density at radius 2 is 1.90 bits per heavy atom. The van der Waals surface area contributed by atoms with Crippen LogP contribution in [0.3, 0.4) is 0 Å². The van der Waals surface area contributed by atoms with Gasteiger partial charge in [0.15, 0.2) is 0 Å². The highest BCUT2D eigenvalue weighted by Gasteiger charge is 2.36. The Morgan fingerprint density at radius 3 is 2.68 bits per heavy atom. The molecule has 7 heteroatoms. The van der Waals surface area contributed by atoms with Gasteiger partial charge in [-0.2, -0.15) is 0 Å². The zero-order valence-electron chi connectivity index (χ0n) is 17.9. The van der Waals surface area contributed by atoms with Gasteiger partial charge >= 0.3 is 0 Å². The van der Waals surface area contributed by atoms with E-state index in [1.54, 1.807) is 15.9 Å². The molecule has 160 valence electrons. The molecule has 2 aromatic carbocycles. The largest absolute Gasteiger partial charge is 0.311 e. The lowest BCUT2D eigenvalue weighted by atomic mass is 9.96. The zero-order valence-corrected chi connectivity index (χ0v) is 17.9. The van der Waals surface area contributed by atoms with Crippen LogP contribution in [-0.4, -0.2) is 33.1 Å². The van der Waals surface area contributed by atoms with Crippen LogP contribution in [0.4, 0.5) is 11.6 Å². The molecule has 31 heavy (non-hydrogen) atoms. The third kappa shape index (κ3) is 4.66.